The van der Waals surface area contributed by atoms with Gasteiger partial charge < -0.3 is 40.3 Å². The number of esters is 2. The zero-order valence-electron chi connectivity index (χ0n) is 18.2. The number of ether oxygens (including phenoxy) is 2. The molecule has 0 saturated carbocycles. The molecular weight excluding hydrogens is 609 g/mol. The molecule has 1 radical (unpaired) electrons. The van der Waals surface area contributed by atoms with Crippen molar-refractivity contribution in [2.24, 2.45) is 0 Å². The van der Waals surface area contributed by atoms with Crippen molar-refractivity contribution >= 4 is 11.9 Å². The van der Waals surface area contributed by atoms with Gasteiger partial charge in [0.05, 0.1) is 18.8 Å². The summed E-state index contributed by atoms with van der Waals surface area (Å²) >= 11 is 0. The van der Waals surface area contributed by atoms with Gasteiger partial charge in [-0.2, -0.15) is 0 Å². The van der Waals surface area contributed by atoms with Gasteiger partial charge in [-0.1, -0.05) is 19.4 Å². The predicted octanol–water partition coefficient (Wildman–Crippen LogP) is 3.68. The third kappa shape index (κ3) is 35.3. The van der Waals surface area contributed by atoms with Crippen molar-refractivity contribution in [1.29, 1.82) is 0 Å². The van der Waals surface area contributed by atoms with Gasteiger partial charge in [-0.15, -0.1) is 12.5 Å². The second kappa shape index (κ2) is 23.7. The van der Waals surface area contributed by atoms with Gasteiger partial charge in [0.15, 0.2) is 0 Å². The second-order valence-corrected chi connectivity index (χ2v) is 6.17. The Labute approximate surface area is 197 Å². The van der Waals surface area contributed by atoms with E-state index in [0.29, 0.717) is 5.57 Å². The number of carbonyl (C=O) groups is 2. The minimum Gasteiger partial charge on any atom is -0.666 e. The standard InChI is InChI=1S/C6H9F2O.2C6H12NO2.H2O.Pa/c1-5(4-9)2-3-6(7)8;2*1-4(2)9-6(8)5(3)7;;/h2,9H,3-4H2,1H3;2*4-5,7H,1-3H3;1H2;/q3*-1;;/b5-2+;;;;/t;2*5-;;/m.00../s1. The molecule has 0 aliphatic heterocycles. The summed E-state index contributed by atoms with van der Waals surface area (Å²) in [4.78, 5) is 21.1. The van der Waals surface area contributed by atoms with Gasteiger partial charge in [0.25, 0.3) is 11.9 Å². The maximum absolute atomic E-state index is 11.3. The van der Waals surface area contributed by atoms with Gasteiger partial charge in [-0.25, -0.2) is 0 Å². The molecule has 2 atom stereocenters. The molecule has 0 saturated heterocycles. The molecule has 173 valence electrons. The van der Waals surface area contributed by atoms with E-state index in [-0.39, 0.29) is 63.0 Å². The molecular formula is C18H35F2N2O6Pa-3. The van der Waals surface area contributed by atoms with E-state index in [1.807, 2.05) is 0 Å². The van der Waals surface area contributed by atoms with Crippen molar-refractivity contribution in [2.45, 2.75) is 79.2 Å². The van der Waals surface area contributed by atoms with Gasteiger partial charge >= 0.3 is 0 Å². The molecule has 0 aliphatic carbocycles. The van der Waals surface area contributed by atoms with Gasteiger partial charge in [0, 0.05) is 38.7 Å². The molecule has 5 N–H and O–H groups in total. The summed E-state index contributed by atoms with van der Waals surface area (Å²) in [7, 11) is 0. The van der Waals surface area contributed by atoms with Crippen LogP contribution >= 0.6 is 0 Å². The van der Waals surface area contributed by atoms with E-state index in [1.54, 1.807) is 34.6 Å². The summed E-state index contributed by atoms with van der Waals surface area (Å²) in [6.45, 7) is 11.5. The largest absolute Gasteiger partial charge is 0.666 e. The maximum Gasteiger partial charge on any atom is 0.287 e. The molecule has 0 aromatic carbocycles. The molecule has 0 aromatic rings. The fourth-order valence-electron chi connectivity index (χ4n) is 0.985. The molecule has 8 nitrogen and oxygen atoms in total. The Morgan fingerprint density at radius 2 is 1.28 bits per heavy atom. The Kier molecular flexibility index (Phi) is 31.9. The SMILES string of the molecule is C/C(=C\C[C-](F)F)CO.CC(C)OC(=O)[C@H](C)[NH-].CC(C)OC(=O)[C@H](C)[NH-].O.[Pa]. The van der Waals surface area contributed by atoms with Crippen molar-refractivity contribution in [3.8, 4) is 0 Å². The van der Waals surface area contributed by atoms with Crippen LogP contribution in [0.5, 0.6) is 0 Å². The van der Waals surface area contributed by atoms with E-state index in [1.165, 1.54) is 19.9 Å². The Bertz CT molecular complexity index is 409. The molecule has 0 fully saturated rings. The smallest absolute Gasteiger partial charge is 0.287 e. The number of carbonyl (C=O) groups excluding carboxylic acids is 2. The number of hydrogen-bond donors (Lipinski definition) is 1. The summed E-state index contributed by atoms with van der Waals surface area (Å²) in [6.07, 6.45) is -0.875. The number of nitrogens with one attached hydrogen (secondary N) is 2. The van der Waals surface area contributed by atoms with Gasteiger partial charge in [-0.3, -0.25) is 9.59 Å². The molecule has 0 amide bonds. The van der Waals surface area contributed by atoms with Crippen LogP contribution in [0.25, 0.3) is 11.5 Å². The zero-order chi connectivity index (χ0) is 22.2. The first-order valence-corrected chi connectivity index (χ1v) is 8.50. The van der Waals surface area contributed by atoms with E-state index < -0.39 is 30.4 Å². The van der Waals surface area contributed by atoms with E-state index in [2.05, 4.69) is 9.47 Å². The number of aliphatic hydroxyl groups excluding tert-OH is 1. The third-order valence-electron chi connectivity index (χ3n) is 2.27. The minimum absolute atomic E-state index is 0. The predicted molar refractivity (Wildman–Crippen MR) is 105 cm³/mol. The first-order chi connectivity index (χ1) is 12.2. The summed E-state index contributed by atoms with van der Waals surface area (Å²) < 4.78 is 32.0. The van der Waals surface area contributed by atoms with E-state index in [0.717, 1.165) is 0 Å². The summed E-state index contributed by atoms with van der Waals surface area (Å²) in [5, 5.41) is 8.33. The fourth-order valence-corrected chi connectivity index (χ4v) is 0.985. The quantitative estimate of drug-likeness (QED) is 0.255. The number of allylic oxidation sites excluding steroid dienone is 1. The van der Waals surface area contributed by atoms with Crippen LogP contribution in [0.15, 0.2) is 11.6 Å². The number of hydrogen-bond acceptors (Lipinski definition) is 5. The van der Waals surface area contributed by atoms with Crippen LogP contribution in [0.4, 0.5) is 8.78 Å². The van der Waals surface area contributed by atoms with Crippen LogP contribution in [0.2, 0.25) is 0 Å². The maximum atomic E-state index is 11.3. The van der Waals surface area contributed by atoms with Crippen LogP contribution in [-0.2, 0) is 19.1 Å². The molecule has 0 spiro atoms. The van der Waals surface area contributed by atoms with E-state index >= 15 is 0 Å². The van der Waals surface area contributed by atoms with Crippen LogP contribution in [0.1, 0.15) is 54.9 Å². The van der Waals surface area contributed by atoms with Crippen LogP contribution < -0.4 is 0 Å². The number of rotatable bonds is 7. The average Bonchev–Trinajstić information content (AvgIpc) is 2.52. The topological polar surface area (TPSA) is 152 Å². The van der Waals surface area contributed by atoms with Crippen LogP contribution in [0.3, 0.4) is 0 Å². The second-order valence-electron chi connectivity index (χ2n) is 6.17. The molecule has 11 heteroatoms. The van der Waals surface area contributed by atoms with Crippen molar-refractivity contribution in [3.63, 3.8) is 0 Å². The summed E-state index contributed by atoms with van der Waals surface area (Å²) in [5.41, 5.74) is 14.4. The van der Waals surface area contributed by atoms with Crippen molar-refractivity contribution < 1.29 is 70.7 Å². The number of halogens is 2. The van der Waals surface area contributed by atoms with Gasteiger partial charge in [0.1, 0.15) is 0 Å². The molecule has 29 heavy (non-hydrogen) atoms. The Morgan fingerprint density at radius 3 is 1.41 bits per heavy atom. The zero-order valence-corrected chi connectivity index (χ0v) is 23.0. The molecule has 0 unspecified atom stereocenters. The van der Waals surface area contributed by atoms with Crippen molar-refractivity contribution in [3.05, 3.63) is 29.5 Å². The van der Waals surface area contributed by atoms with Crippen molar-refractivity contribution in [1.82, 2.24) is 0 Å². The molecule has 0 aromatic heterocycles. The number of aliphatic hydroxyl groups is 1. The minimum atomic E-state index is -1.62. The van der Waals surface area contributed by atoms with Crippen LogP contribution in [0, 0.1) is 38.7 Å². The Morgan fingerprint density at radius 1 is 0.966 bits per heavy atom. The van der Waals surface area contributed by atoms with Gasteiger partial charge in [-0.05, 0) is 46.7 Å². The molecule has 0 rings (SSSR count). The molecule has 0 aliphatic rings. The first-order valence-electron chi connectivity index (χ1n) is 8.50. The monoisotopic (exact) mass is 644 g/mol. The third-order valence-corrected chi connectivity index (χ3v) is 2.27. The molecule has 0 bridgehead atoms. The molecule has 0 heterocycles. The Hall–Kier alpha value is -0.529. The van der Waals surface area contributed by atoms with E-state index in [4.69, 9.17) is 16.6 Å². The van der Waals surface area contributed by atoms with Crippen molar-refractivity contribution in [2.75, 3.05) is 6.61 Å². The summed E-state index contributed by atoms with van der Waals surface area (Å²) in [5.74, 6) is -0.907. The van der Waals surface area contributed by atoms with Crippen LogP contribution in [-0.4, -0.2) is 53.4 Å². The van der Waals surface area contributed by atoms with E-state index in [9.17, 15) is 18.4 Å². The summed E-state index contributed by atoms with van der Waals surface area (Å²) in [6, 6.07) is -1.51. The average molecular weight is 645 g/mol. The fraction of sp³-hybridized carbons (Fsp3) is 0.722. The normalized spacial score (nSPS) is 12.3. The van der Waals surface area contributed by atoms with Gasteiger partial charge in [0.2, 0.25) is 0 Å². The first kappa shape index (κ1) is 39.0. The Balaban J connectivity index is -0.0000000960.